The number of hydrogen-bond acceptors (Lipinski definition) is 5. The zero-order valence-corrected chi connectivity index (χ0v) is 17.5. The van der Waals surface area contributed by atoms with Gasteiger partial charge in [-0.05, 0) is 30.7 Å². The summed E-state index contributed by atoms with van der Waals surface area (Å²) in [6.07, 6.45) is 0. The molecule has 0 spiro atoms. The predicted octanol–water partition coefficient (Wildman–Crippen LogP) is 3.44. The Balaban J connectivity index is 1.54. The number of aryl methyl sites for hydroxylation is 1. The fourth-order valence-corrected chi connectivity index (χ4v) is 3.50. The molecule has 0 saturated carbocycles. The zero-order valence-electron chi connectivity index (χ0n) is 16.0. The maximum absolute atomic E-state index is 12.3. The lowest BCUT2D eigenvalue weighted by Crippen LogP contribution is -2.25. The third kappa shape index (κ3) is 5.36. The van der Waals surface area contributed by atoms with Crippen LogP contribution in [0.4, 0.5) is 5.69 Å². The maximum atomic E-state index is 12.3. The van der Waals surface area contributed by atoms with E-state index in [1.165, 1.54) is 11.8 Å². The fraction of sp³-hybridized carbons (Fsp3) is 0.200. The highest BCUT2D eigenvalue weighted by atomic mass is 35.5. The van der Waals surface area contributed by atoms with E-state index in [-0.39, 0.29) is 24.1 Å². The molecular weight excluding hydrogens is 410 g/mol. The minimum absolute atomic E-state index is 0.159. The van der Waals surface area contributed by atoms with E-state index < -0.39 is 0 Å². The summed E-state index contributed by atoms with van der Waals surface area (Å²) in [6.45, 7) is 2.13. The zero-order chi connectivity index (χ0) is 20.8. The van der Waals surface area contributed by atoms with Gasteiger partial charge in [0.05, 0.1) is 23.0 Å². The van der Waals surface area contributed by atoms with Gasteiger partial charge in [-0.2, -0.15) is 0 Å². The number of thioether (sulfide) groups is 1. The Morgan fingerprint density at radius 2 is 1.83 bits per heavy atom. The van der Waals surface area contributed by atoms with E-state index in [9.17, 15) is 9.59 Å². The highest BCUT2D eigenvalue weighted by Gasteiger charge is 2.14. The molecule has 2 amide bonds. The van der Waals surface area contributed by atoms with Gasteiger partial charge >= 0.3 is 0 Å². The molecule has 0 unspecified atom stereocenters. The molecule has 0 radical (unpaired) electrons. The number of halogens is 1. The highest BCUT2D eigenvalue weighted by Crippen LogP contribution is 2.21. The molecular formula is C20H20ClN5O2S. The van der Waals surface area contributed by atoms with Crippen LogP contribution >= 0.6 is 23.4 Å². The van der Waals surface area contributed by atoms with Crippen molar-refractivity contribution < 1.29 is 9.59 Å². The molecule has 2 N–H and O–H groups in total. The highest BCUT2D eigenvalue weighted by molar-refractivity contribution is 7.99. The van der Waals surface area contributed by atoms with Crippen molar-refractivity contribution in [1.29, 1.82) is 0 Å². The summed E-state index contributed by atoms with van der Waals surface area (Å²) in [6, 6.07) is 14.4. The van der Waals surface area contributed by atoms with E-state index in [0.717, 1.165) is 5.56 Å². The third-order valence-corrected chi connectivity index (χ3v) is 5.55. The summed E-state index contributed by atoms with van der Waals surface area (Å²) in [5.41, 5.74) is 2.10. The summed E-state index contributed by atoms with van der Waals surface area (Å²) in [7, 11) is 1.80. The first-order valence-electron chi connectivity index (χ1n) is 8.85. The van der Waals surface area contributed by atoms with Gasteiger partial charge in [0.25, 0.3) is 5.91 Å². The molecule has 3 aromatic rings. The van der Waals surface area contributed by atoms with Crippen molar-refractivity contribution in [3.63, 3.8) is 0 Å². The largest absolute Gasteiger partial charge is 0.345 e. The summed E-state index contributed by atoms with van der Waals surface area (Å²) < 4.78 is 1.76. The Kier molecular flexibility index (Phi) is 6.90. The van der Waals surface area contributed by atoms with Crippen LogP contribution in [0.1, 0.15) is 21.7 Å². The van der Waals surface area contributed by atoms with E-state index in [2.05, 4.69) is 20.8 Å². The number of para-hydroxylation sites is 1. The van der Waals surface area contributed by atoms with Gasteiger partial charge in [-0.15, -0.1) is 10.2 Å². The van der Waals surface area contributed by atoms with Crippen molar-refractivity contribution in [3.8, 4) is 0 Å². The molecule has 0 aliphatic heterocycles. The summed E-state index contributed by atoms with van der Waals surface area (Å²) in [5.74, 6) is 0.396. The van der Waals surface area contributed by atoms with Gasteiger partial charge < -0.3 is 15.2 Å². The lowest BCUT2D eigenvalue weighted by Gasteiger charge is -2.08. The smallest absolute Gasteiger partial charge is 0.251 e. The molecule has 29 heavy (non-hydrogen) atoms. The molecule has 0 bridgehead atoms. The van der Waals surface area contributed by atoms with Crippen molar-refractivity contribution in [3.05, 3.63) is 70.5 Å². The number of hydrogen-bond donors (Lipinski definition) is 2. The second-order valence-corrected chi connectivity index (χ2v) is 7.62. The average molecular weight is 430 g/mol. The molecule has 1 heterocycles. The number of nitrogens with one attached hydrogen (secondary N) is 2. The van der Waals surface area contributed by atoms with E-state index in [0.29, 0.717) is 27.3 Å². The van der Waals surface area contributed by atoms with Crippen LogP contribution in [0, 0.1) is 6.92 Å². The number of amides is 2. The minimum atomic E-state index is -0.194. The van der Waals surface area contributed by atoms with E-state index >= 15 is 0 Å². The van der Waals surface area contributed by atoms with Crippen molar-refractivity contribution in [2.24, 2.45) is 7.05 Å². The van der Waals surface area contributed by atoms with E-state index in [1.807, 2.05) is 25.1 Å². The molecule has 1 aromatic heterocycles. The average Bonchev–Trinajstić information content (AvgIpc) is 3.06. The van der Waals surface area contributed by atoms with Crippen LogP contribution in [-0.2, 0) is 18.4 Å². The molecule has 0 fully saturated rings. The fourth-order valence-electron chi connectivity index (χ4n) is 2.59. The Bertz CT molecular complexity index is 1040. The summed E-state index contributed by atoms with van der Waals surface area (Å²) >= 11 is 7.30. The van der Waals surface area contributed by atoms with Crippen LogP contribution < -0.4 is 10.6 Å². The minimum Gasteiger partial charge on any atom is -0.345 e. The van der Waals surface area contributed by atoms with Crippen LogP contribution in [0.25, 0.3) is 0 Å². The number of benzene rings is 2. The van der Waals surface area contributed by atoms with Crippen LogP contribution in [0.15, 0.2) is 53.7 Å². The van der Waals surface area contributed by atoms with Gasteiger partial charge in [0.15, 0.2) is 11.0 Å². The van der Waals surface area contributed by atoms with Crippen molar-refractivity contribution in [2.45, 2.75) is 18.6 Å². The molecule has 0 saturated heterocycles. The molecule has 0 atom stereocenters. The number of aromatic nitrogens is 3. The first-order chi connectivity index (χ1) is 14.0. The SMILES string of the molecule is Cc1ccccc1C(=O)NCc1nnc(SCC(=O)Nc2ccccc2Cl)n1C. The van der Waals surface area contributed by atoms with Crippen LogP contribution in [0.2, 0.25) is 5.02 Å². The molecule has 2 aromatic carbocycles. The molecule has 0 aliphatic carbocycles. The van der Waals surface area contributed by atoms with Gasteiger partial charge in [0, 0.05) is 12.6 Å². The first-order valence-corrected chi connectivity index (χ1v) is 10.2. The molecule has 0 aliphatic rings. The van der Waals surface area contributed by atoms with Gasteiger partial charge in [-0.25, -0.2) is 0 Å². The van der Waals surface area contributed by atoms with Gasteiger partial charge in [0.2, 0.25) is 5.91 Å². The number of anilines is 1. The molecule has 150 valence electrons. The van der Waals surface area contributed by atoms with Crippen LogP contribution in [0.5, 0.6) is 0 Å². The van der Waals surface area contributed by atoms with Crippen LogP contribution in [0.3, 0.4) is 0 Å². The van der Waals surface area contributed by atoms with E-state index in [1.54, 1.807) is 41.9 Å². The number of carbonyl (C=O) groups excluding carboxylic acids is 2. The molecule has 7 nitrogen and oxygen atoms in total. The van der Waals surface area contributed by atoms with Gasteiger partial charge in [-0.1, -0.05) is 53.7 Å². The Morgan fingerprint density at radius 1 is 1.10 bits per heavy atom. The third-order valence-electron chi connectivity index (χ3n) is 4.20. The first kappa shape index (κ1) is 20.9. The topological polar surface area (TPSA) is 88.9 Å². The van der Waals surface area contributed by atoms with Crippen molar-refractivity contribution in [1.82, 2.24) is 20.1 Å². The van der Waals surface area contributed by atoms with E-state index in [4.69, 9.17) is 11.6 Å². The second kappa shape index (κ2) is 9.58. The Morgan fingerprint density at radius 3 is 2.59 bits per heavy atom. The lowest BCUT2D eigenvalue weighted by molar-refractivity contribution is -0.113. The predicted molar refractivity (Wildman–Crippen MR) is 114 cm³/mol. The monoisotopic (exact) mass is 429 g/mol. The Labute approximate surface area is 177 Å². The van der Waals surface area contributed by atoms with Gasteiger partial charge in [0.1, 0.15) is 0 Å². The van der Waals surface area contributed by atoms with Crippen molar-refractivity contribution >= 4 is 40.9 Å². The molecule has 9 heteroatoms. The summed E-state index contributed by atoms with van der Waals surface area (Å²) in [4.78, 5) is 24.5. The van der Waals surface area contributed by atoms with Crippen molar-refractivity contribution in [2.75, 3.05) is 11.1 Å². The lowest BCUT2D eigenvalue weighted by atomic mass is 10.1. The quantitative estimate of drug-likeness (QED) is 0.561. The number of nitrogens with zero attached hydrogens (tertiary/aromatic N) is 3. The summed E-state index contributed by atoms with van der Waals surface area (Å²) in [5, 5.41) is 14.9. The normalized spacial score (nSPS) is 10.6. The number of rotatable bonds is 7. The standard InChI is InChI=1S/C20H20ClN5O2S/c1-13-7-3-4-8-14(13)19(28)22-11-17-24-25-20(26(17)2)29-12-18(27)23-16-10-6-5-9-15(16)21/h3-10H,11-12H2,1-2H3,(H,22,28)(H,23,27). The molecule has 3 rings (SSSR count). The van der Waals surface area contributed by atoms with Gasteiger partial charge in [-0.3, -0.25) is 9.59 Å². The maximum Gasteiger partial charge on any atom is 0.251 e. The number of carbonyl (C=O) groups is 2. The second-order valence-electron chi connectivity index (χ2n) is 6.27. The Hall–Kier alpha value is -2.84. The van der Waals surface area contributed by atoms with Crippen LogP contribution in [-0.4, -0.2) is 32.3 Å².